The van der Waals surface area contributed by atoms with Gasteiger partial charge in [-0.05, 0) is 17.7 Å². The van der Waals surface area contributed by atoms with Crippen LogP contribution in [0.4, 0.5) is 5.82 Å². The number of pyridine rings is 1. The molecule has 0 bridgehead atoms. The molecule has 150 valence electrons. The van der Waals surface area contributed by atoms with Crippen molar-refractivity contribution >= 4 is 29.5 Å². The van der Waals surface area contributed by atoms with E-state index in [9.17, 15) is 24.0 Å². The summed E-state index contributed by atoms with van der Waals surface area (Å²) in [6.07, 6.45) is 0.179. The van der Waals surface area contributed by atoms with E-state index in [4.69, 9.17) is 10.5 Å². The Morgan fingerprint density at radius 1 is 1.17 bits per heavy atom. The molecule has 2 aromatic rings. The van der Waals surface area contributed by atoms with Crippen LogP contribution in [0.25, 0.3) is 5.69 Å². The number of methoxy groups -OCH3 is 1. The minimum Gasteiger partial charge on any atom is -0.467 e. The molecule has 29 heavy (non-hydrogen) atoms. The van der Waals surface area contributed by atoms with Crippen LogP contribution in [0.3, 0.4) is 0 Å². The highest BCUT2D eigenvalue weighted by atomic mass is 16.5. The molecule has 3 amide bonds. The first-order valence-electron chi connectivity index (χ1n) is 8.58. The fourth-order valence-electron chi connectivity index (χ4n) is 3.14. The van der Waals surface area contributed by atoms with E-state index in [1.807, 2.05) is 0 Å². The molecule has 1 aliphatic heterocycles. The number of hydrogen-bond acceptors (Lipinski definition) is 7. The Balaban J connectivity index is 1.93. The van der Waals surface area contributed by atoms with Crippen molar-refractivity contribution in [3.63, 3.8) is 0 Å². The molecule has 10 nitrogen and oxygen atoms in total. The topological polar surface area (TPSA) is 150 Å². The number of aromatic nitrogens is 1. The third-order valence-electron chi connectivity index (χ3n) is 4.45. The second-order valence-corrected chi connectivity index (χ2v) is 6.42. The standard InChI is InChI=1S/C19H18N4O6/c1-9(24)21-13(19(28)29-2)7-10-3-5-11(6-4-10)23-14(25)8-12-15(16(23)20)18(27)22-17(12)26/h3-6,8,13H,7,20H2,1-2H3,(H,21,24)(H,22,26,27). The summed E-state index contributed by atoms with van der Waals surface area (Å²) in [4.78, 5) is 59.2. The first-order chi connectivity index (χ1) is 13.7. The van der Waals surface area contributed by atoms with Gasteiger partial charge in [0.1, 0.15) is 11.9 Å². The molecule has 0 saturated carbocycles. The van der Waals surface area contributed by atoms with Gasteiger partial charge >= 0.3 is 5.97 Å². The molecule has 1 atom stereocenters. The van der Waals surface area contributed by atoms with E-state index in [-0.39, 0.29) is 29.3 Å². The van der Waals surface area contributed by atoms with Gasteiger partial charge in [-0.3, -0.25) is 29.1 Å². The smallest absolute Gasteiger partial charge is 0.328 e. The molecule has 10 heteroatoms. The summed E-state index contributed by atoms with van der Waals surface area (Å²) in [6, 6.07) is 6.66. The number of fused-ring (bicyclic) bond motifs is 1. The van der Waals surface area contributed by atoms with Crippen LogP contribution in [-0.4, -0.2) is 41.4 Å². The van der Waals surface area contributed by atoms with Crippen molar-refractivity contribution in [1.82, 2.24) is 15.2 Å². The van der Waals surface area contributed by atoms with Gasteiger partial charge in [0, 0.05) is 19.4 Å². The van der Waals surface area contributed by atoms with Crippen molar-refractivity contribution in [1.29, 1.82) is 0 Å². The average molecular weight is 398 g/mol. The van der Waals surface area contributed by atoms with E-state index in [0.717, 1.165) is 10.6 Å². The molecule has 2 heterocycles. The van der Waals surface area contributed by atoms with Crippen LogP contribution in [0.5, 0.6) is 0 Å². The number of carbonyl (C=O) groups excluding carboxylic acids is 4. The number of esters is 1. The lowest BCUT2D eigenvalue weighted by atomic mass is 10.0. The molecule has 4 N–H and O–H groups in total. The van der Waals surface area contributed by atoms with Crippen molar-refractivity contribution in [2.45, 2.75) is 19.4 Å². The predicted octanol–water partition coefficient (Wildman–Crippen LogP) is -0.476. The van der Waals surface area contributed by atoms with Crippen molar-refractivity contribution in [3.8, 4) is 5.69 Å². The Labute approximate surface area is 164 Å². The molecule has 3 rings (SSSR count). The van der Waals surface area contributed by atoms with Crippen molar-refractivity contribution < 1.29 is 23.9 Å². The zero-order valence-electron chi connectivity index (χ0n) is 15.6. The third kappa shape index (κ3) is 3.72. The lowest BCUT2D eigenvalue weighted by molar-refractivity contribution is -0.144. The molecule has 1 aliphatic rings. The number of carbonyl (C=O) groups is 4. The Morgan fingerprint density at radius 3 is 2.41 bits per heavy atom. The van der Waals surface area contributed by atoms with Gasteiger partial charge in [0.25, 0.3) is 17.4 Å². The average Bonchev–Trinajstić information content (AvgIpc) is 2.95. The van der Waals surface area contributed by atoms with E-state index in [0.29, 0.717) is 11.3 Å². The maximum Gasteiger partial charge on any atom is 0.328 e. The number of amides is 3. The third-order valence-corrected chi connectivity index (χ3v) is 4.45. The summed E-state index contributed by atoms with van der Waals surface area (Å²) in [5, 5.41) is 4.62. The Morgan fingerprint density at radius 2 is 1.83 bits per heavy atom. The first kappa shape index (κ1) is 19.8. The Bertz CT molecular complexity index is 1090. The predicted molar refractivity (Wildman–Crippen MR) is 102 cm³/mol. The van der Waals surface area contributed by atoms with Gasteiger partial charge in [0.05, 0.1) is 23.9 Å². The number of benzene rings is 1. The number of imide groups is 1. The largest absolute Gasteiger partial charge is 0.467 e. The fourth-order valence-corrected chi connectivity index (χ4v) is 3.14. The highest BCUT2D eigenvalue weighted by Crippen LogP contribution is 2.23. The molecule has 1 aromatic heterocycles. The van der Waals surface area contributed by atoms with E-state index in [1.165, 1.54) is 14.0 Å². The summed E-state index contributed by atoms with van der Waals surface area (Å²) in [5.41, 5.74) is 6.40. The molecule has 0 spiro atoms. The molecule has 0 saturated heterocycles. The Kier molecular flexibility index (Phi) is 5.18. The van der Waals surface area contributed by atoms with Crippen LogP contribution in [0, 0.1) is 0 Å². The summed E-state index contributed by atoms with van der Waals surface area (Å²) < 4.78 is 5.81. The van der Waals surface area contributed by atoms with Gasteiger partial charge in [-0.2, -0.15) is 0 Å². The molecule has 0 aliphatic carbocycles. The van der Waals surface area contributed by atoms with Crippen molar-refractivity contribution in [3.05, 3.63) is 57.4 Å². The van der Waals surface area contributed by atoms with Gasteiger partial charge in [0.2, 0.25) is 5.91 Å². The molecular weight excluding hydrogens is 380 g/mol. The maximum atomic E-state index is 12.4. The molecule has 1 aromatic carbocycles. The SMILES string of the molecule is COC(=O)C(Cc1ccc(-n2c(N)c3c(cc2=O)C(=O)NC3=O)cc1)NC(C)=O. The second kappa shape index (κ2) is 7.58. The lowest BCUT2D eigenvalue weighted by Gasteiger charge is -2.16. The number of nitrogen functional groups attached to an aromatic ring is 1. The minimum absolute atomic E-state index is 0.0462. The molecule has 0 fully saturated rings. The number of nitrogens with one attached hydrogen (secondary N) is 2. The highest BCUT2D eigenvalue weighted by molar-refractivity contribution is 6.23. The Hall–Kier alpha value is -3.95. The second-order valence-electron chi connectivity index (χ2n) is 6.42. The van der Waals surface area contributed by atoms with Crippen molar-refractivity contribution in [2.24, 2.45) is 0 Å². The molecular formula is C19H18N4O6. The molecule has 0 radical (unpaired) electrons. The number of rotatable bonds is 5. The monoisotopic (exact) mass is 398 g/mol. The van der Waals surface area contributed by atoms with Crippen LogP contribution < -0.4 is 21.9 Å². The van der Waals surface area contributed by atoms with Crippen LogP contribution in [0.2, 0.25) is 0 Å². The van der Waals surface area contributed by atoms with Crippen LogP contribution in [0.15, 0.2) is 35.1 Å². The number of nitrogens with zero attached hydrogens (tertiary/aromatic N) is 1. The van der Waals surface area contributed by atoms with Crippen LogP contribution in [0.1, 0.15) is 33.2 Å². The summed E-state index contributed by atoms with van der Waals surface area (Å²) in [5.74, 6) is -2.43. The van der Waals surface area contributed by atoms with Gasteiger partial charge in [-0.15, -0.1) is 0 Å². The van der Waals surface area contributed by atoms with E-state index < -0.39 is 29.4 Å². The van der Waals surface area contributed by atoms with E-state index in [2.05, 4.69) is 10.6 Å². The summed E-state index contributed by atoms with van der Waals surface area (Å²) >= 11 is 0. The number of ether oxygens (including phenoxy) is 1. The quantitative estimate of drug-likeness (QED) is 0.455. The zero-order valence-corrected chi connectivity index (χ0v) is 15.6. The maximum absolute atomic E-state index is 12.4. The molecule has 1 unspecified atom stereocenters. The lowest BCUT2D eigenvalue weighted by Crippen LogP contribution is -2.41. The van der Waals surface area contributed by atoms with Crippen LogP contribution >= 0.6 is 0 Å². The summed E-state index contributed by atoms with van der Waals surface area (Å²) in [6.45, 7) is 1.29. The van der Waals surface area contributed by atoms with Gasteiger partial charge < -0.3 is 15.8 Å². The van der Waals surface area contributed by atoms with Gasteiger partial charge in [-0.1, -0.05) is 12.1 Å². The minimum atomic E-state index is -0.856. The van der Waals surface area contributed by atoms with Gasteiger partial charge in [0.15, 0.2) is 0 Å². The van der Waals surface area contributed by atoms with Crippen molar-refractivity contribution in [2.75, 3.05) is 12.8 Å². The first-order valence-corrected chi connectivity index (χ1v) is 8.58. The highest BCUT2D eigenvalue weighted by Gasteiger charge is 2.31. The zero-order chi connectivity index (χ0) is 21.3. The number of nitrogens with two attached hydrogens (primary N) is 1. The fraction of sp³-hybridized carbons (Fsp3) is 0.211. The number of hydrogen-bond donors (Lipinski definition) is 3. The summed E-state index contributed by atoms with van der Waals surface area (Å²) in [7, 11) is 1.23. The van der Waals surface area contributed by atoms with E-state index in [1.54, 1.807) is 24.3 Å². The van der Waals surface area contributed by atoms with E-state index >= 15 is 0 Å². The van der Waals surface area contributed by atoms with Crippen LogP contribution in [-0.2, 0) is 20.7 Å². The van der Waals surface area contributed by atoms with Gasteiger partial charge in [-0.25, -0.2) is 4.79 Å². The number of anilines is 1. The normalized spacial score (nSPS) is 13.4.